The number of aromatic nitrogens is 2. The molecule has 0 unspecified atom stereocenters. The van der Waals surface area contributed by atoms with Gasteiger partial charge in [0.2, 0.25) is 0 Å². The summed E-state index contributed by atoms with van der Waals surface area (Å²) in [6.45, 7) is 4.77. The summed E-state index contributed by atoms with van der Waals surface area (Å²) in [5.41, 5.74) is 2.30. The molecule has 1 N–H and O–H groups in total. The molecule has 0 saturated carbocycles. The van der Waals surface area contributed by atoms with Crippen LogP contribution in [0.3, 0.4) is 0 Å². The number of carbonyl (C=O) groups is 1. The lowest BCUT2D eigenvalue weighted by Gasteiger charge is -2.26. The van der Waals surface area contributed by atoms with E-state index in [1.165, 1.54) is 22.2 Å². The Hall–Kier alpha value is -2.16. The number of hydrogen-bond acceptors (Lipinski definition) is 7. The van der Waals surface area contributed by atoms with Gasteiger partial charge in [-0.3, -0.25) is 14.5 Å². The number of benzene rings is 1. The molecule has 146 valence electrons. The lowest BCUT2D eigenvalue weighted by molar-refractivity contribution is -0.139. The second-order valence-corrected chi connectivity index (χ2v) is 8.64. The molecule has 0 spiro atoms. The van der Waals surface area contributed by atoms with Gasteiger partial charge in [-0.15, -0.1) is 11.3 Å². The van der Waals surface area contributed by atoms with Gasteiger partial charge in [-0.1, -0.05) is 42.1 Å². The van der Waals surface area contributed by atoms with Gasteiger partial charge >= 0.3 is 5.97 Å². The van der Waals surface area contributed by atoms with E-state index < -0.39 is 0 Å². The third-order valence-electron chi connectivity index (χ3n) is 4.65. The molecular weight excluding hydrogens is 394 g/mol. The van der Waals surface area contributed by atoms with E-state index in [1.807, 2.05) is 6.07 Å². The maximum absolute atomic E-state index is 12.6. The quantitative estimate of drug-likeness (QED) is 0.379. The maximum atomic E-state index is 12.6. The van der Waals surface area contributed by atoms with E-state index in [1.54, 1.807) is 18.3 Å². The van der Waals surface area contributed by atoms with Crippen LogP contribution in [0.25, 0.3) is 10.2 Å². The molecule has 0 atom stereocenters. The zero-order chi connectivity index (χ0) is 19.5. The molecule has 0 radical (unpaired) electrons. The molecule has 0 fully saturated rings. The number of fused-ring (bicyclic) bond motifs is 3. The van der Waals surface area contributed by atoms with Gasteiger partial charge in [0.05, 0.1) is 17.7 Å². The third-order valence-corrected chi connectivity index (χ3v) is 6.61. The molecule has 0 amide bonds. The lowest BCUT2D eigenvalue weighted by atomic mass is 10.0. The van der Waals surface area contributed by atoms with Gasteiger partial charge < -0.3 is 9.72 Å². The number of thiophene rings is 1. The van der Waals surface area contributed by atoms with Crippen LogP contribution in [0.2, 0.25) is 0 Å². The number of esters is 1. The van der Waals surface area contributed by atoms with Crippen molar-refractivity contribution >= 4 is 39.3 Å². The van der Waals surface area contributed by atoms with Crippen LogP contribution in [0, 0.1) is 0 Å². The first kappa shape index (κ1) is 19.2. The first-order chi connectivity index (χ1) is 13.6. The molecule has 3 aromatic rings. The summed E-state index contributed by atoms with van der Waals surface area (Å²) in [4.78, 5) is 35.9. The minimum absolute atomic E-state index is 0.120. The Morgan fingerprint density at radius 1 is 1.36 bits per heavy atom. The van der Waals surface area contributed by atoms with E-state index in [0.29, 0.717) is 17.1 Å². The standard InChI is InChI=1S/C20H21N3O3S2/c1-2-26-16(24)12-27-20-21-18(25)17-14-8-9-23(10-13-6-4-3-5-7-13)11-15(14)28-19(17)22-20/h3-7H,2,8-12H2,1H3,(H,21,22,25). The second kappa shape index (κ2) is 8.46. The third kappa shape index (κ3) is 4.14. The van der Waals surface area contributed by atoms with Crippen molar-refractivity contribution in [3.63, 3.8) is 0 Å². The van der Waals surface area contributed by atoms with Crippen LogP contribution >= 0.6 is 23.1 Å². The molecule has 1 aromatic carbocycles. The number of rotatable bonds is 6. The van der Waals surface area contributed by atoms with Crippen molar-refractivity contribution in [2.45, 2.75) is 31.6 Å². The van der Waals surface area contributed by atoms with Crippen molar-refractivity contribution in [2.75, 3.05) is 18.9 Å². The Labute approximate surface area is 170 Å². The number of nitrogens with one attached hydrogen (secondary N) is 1. The van der Waals surface area contributed by atoms with Gasteiger partial charge in [-0.05, 0) is 24.5 Å². The Morgan fingerprint density at radius 2 is 2.18 bits per heavy atom. The van der Waals surface area contributed by atoms with Crippen LogP contribution < -0.4 is 5.56 Å². The number of carbonyl (C=O) groups excluding carboxylic acids is 1. The number of thioether (sulfide) groups is 1. The zero-order valence-corrected chi connectivity index (χ0v) is 17.2. The van der Waals surface area contributed by atoms with E-state index in [9.17, 15) is 9.59 Å². The van der Waals surface area contributed by atoms with Crippen molar-refractivity contribution in [2.24, 2.45) is 0 Å². The maximum Gasteiger partial charge on any atom is 0.316 e. The SMILES string of the molecule is CCOC(=O)CSc1nc2sc3c(c2c(=O)[nH]1)CCN(Cc1ccccc1)C3. The summed E-state index contributed by atoms with van der Waals surface area (Å²) >= 11 is 2.79. The van der Waals surface area contributed by atoms with Crippen LogP contribution in [0.15, 0.2) is 40.3 Å². The molecule has 2 aromatic heterocycles. The smallest absolute Gasteiger partial charge is 0.316 e. The average molecular weight is 416 g/mol. The van der Waals surface area contributed by atoms with E-state index in [-0.39, 0.29) is 17.3 Å². The molecule has 0 saturated heterocycles. The molecule has 6 nitrogen and oxygen atoms in total. The Kier molecular flexibility index (Phi) is 5.79. The minimum Gasteiger partial charge on any atom is -0.465 e. The van der Waals surface area contributed by atoms with Crippen LogP contribution in [0.1, 0.15) is 22.9 Å². The summed E-state index contributed by atoms with van der Waals surface area (Å²) < 4.78 is 4.93. The highest BCUT2D eigenvalue weighted by Crippen LogP contribution is 2.33. The topological polar surface area (TPSA) is 75.3 Å². The molecule has 1 aliphatic heterocycles. The van der Waals surface area contributed by atoms with Gasteiger partial charge in [-0.2, -0.15) is 0 Å². The van der Waals surface area contributed by atoms with Gasteiger partial charge in [0, 0.05) is 24.5 Å². The number of aromatic amines is 1. The fourth-order valence-electron chi connectivity index (χ4n) is 3.41. The first-order valence-corrected chi connectivity index (χ1v) is 11.0. The first-order valence-electron chi connectivity index (χ1n) is 9.23. The predicted octanol–water partition coefficient (Wildman–Crippen LogP) is 3.20. The summed E-state index contributed by atoms with van der Waals surface area (Å²) in [6, 6.07) is 10.4. The lowest BCUT2D eigenvalue weighted by Crippen LogP contribution is -2.29. The highest BCUT2D eigenvalue weighted by Gasteiger charge is 2.24. The van der Waals surface area contributed by atoms with Crippen LogP contribution in [0.5, 0.6) is 0 Å². The van der Waals surface area contributed by atoms with Crippen molar-refractivity contribution < 1.29 is 9.53 Å². The molecule has 4 rings (SSSR count). The Morgan fingerprint density at radius 3 is 2.96 bits per heavy atom. The Bertz CT molecular complexity index is 1050. The summed E-state index contributed by atoms with van der Waals surface area (Å²) in [5.74, 6) is -0.171. The number of H-pyrrole nitrogens is 1. The minimum atomic E-state index is -0.308. The zero-order valence-electron chi connectivity index (χ0n) is 15.6. The molecule has 1 aliphatic rings. The normalized spacial score (nSPS) is 14.2. The summed E-state index contributed by atoms with van der Waals surface area (Å²) in [7, 11) is 0. The van der Waals surface area contributed by atoms with Gasteiger partial charge in [0.15, 0.2) is 5.16 Å². The van der Waals surface area contributed by atoms with Crippen molar-refractivity contribution in [3.05, 3.63) is 56.7 Å². The highest BCUT2D eigenvalue weighted by atomic mass is 32.2. The molecule has 3 heterocycles. The Balaban J connectivity index is 1.54. The van der Waals surface area contributed by atoms with Gasteiger partial charge in [0.25, 0.3) is 5.56 Å². The van der Waals surface area contributed by atoms with Crippen molar-refractivity contribution in [3.8, 4) is 0 Å². The molecule has 8 heteroatoms. The molecule has 0 aliphatic carbocycles. The van der Waals surface area contributed by atoms with Crippen LogP contribution in [0.4, 0.5) is 0 Å². The predicted molar refractivity (Wildman–Crippen MR) is 112 cm³/mol. The fourth-order valence-corrected chi connectivity index (χ4v) is 5.39. The average Bonchev–Trinajstić information content (AvgIpc) is 3.05. The number of hydrogen-bond donors (Lipinski definition) is 1. The second-order valence-electron chi connectivity index (χ2n) is 6.59. The van der Waals surface area contributed by atoms with E-state index in [4.69, 9.17) is 4.74 Å². The van der Waals surface area contributed by atoms with E-state index in [2.05, 4.69) is 39.1 Å². The van der Waals surface area contributed by atoms with Gasteiger partial charge in [0.1, 0.15) is 4.83 Å². The van der Waals surface area contributed by atoms with Crippen LogP contribution in [-0.2, 0) is 29.0 Å². The van der Waals surface area contributed by atoms with Gasteiger partial charge in [-0.25, -0.2) is 4.98 Å². The summed E-state index contributed by atoms with van der Waals surface area (Å²) in [6.07, 6.45) is 0.849. The molecule has 28 heavy (non-hydrogen) atoms. The summed E-state index contributed by atoms with van der Waals surface area (Å²) in [5, 5.41) is 1.17. The van der Waals surface area contributed by atoms with E-state index in [0.717, 1.165) is 36.4 Å². The fraction of sp³-hybridized carbons (Fsp3) is 0.350. The number of nitrogens with zero attached hydrogens (tertiary/aromatic N) is 2. The van der Waals surface area contributed by atoms with Crippen LogP contribution in [-0.4, -0.2) is 39.7 Å². The largest absolute Gasteiger partial charge is 0.465 e. The monoisotopic (exact) mass is 415 g/mol. The van der Waals surface area contributed by atoms with Crippen molar-refractivity contribution in [1.82, 2.24) is 14.9 Å². The van der Waals surface area contributed by atoms with Crippen molar-refractivity contribution in [1.29, 1.82) is 0 Å². The molecular formula is C20H21N3O3S2. The highest BCUT2D eigenvalue weighted by molar-refractivity contribution is 7.99. The molecule has 0 bridgehead atoms. The van der Waals surface area contributed by atoms with E-state index >= 15 is 0 Å². The number of ether oxygens (including phenoxy) is 1.